The van der Waals surface area contributed by atoms with Crippen LogP contribution in [0.15, 0.2) is 48.5 Å². The predicted octanol–water partition coefficient (Wildman–Crippen LogP) is 0.0487. The molecule has 2 aromatic rings. The summed E-state index contributed by atoms with van der Waals surface area (Å²) in [5.41, 5.74) is 2.36. The fourth-order valence-corrected chi connectivity index (χ4v) is 3.69. The molecule has 3 rings (SSSR count). The van der Waals surface area contributed by atoms with Crippen molar-refractivity contribution in [2.75, 3.05) is 45.2 Å². The van der Waals surface area contributed by atoms with Crippen LogP contribution in [-0.4, -0.2) is 51.7 Å². The molecular formula is C21H26ClN3O3+2. The number of carbonyl (C=O) groups excluding carboxylic acids is 2. The Morgan fingerprint density at radius 1 is 1.04 bits per heavy atom. The molecule has 1 heterocycles. The van der Waals surface area contributed by atoms with Crippen molar-refractivity contribution in [2.45, 2.75) is 6.54 Å². The molecule has 1 amide bonds. The van der Waals surface area contributed by atoms with Crippen molar-refractivity contribution in [3.05, 3.63) is 64.7 Å². The van der Waals surface area contributed by atoms with Crippen molar-refractivity contribution < 1.29 is 24.1 Å². The van der Waals surface area contributed by atoms with Crippen LogP contribution >= 0.6 is 11.6 Å². The summed E-state index contributed by atoms with van der Waals surface area (Å²) in [5.74, 6) is -0.326. The Hall–Kier alpha value is -2.41. The zero-order valence-electron chi connectivity index (χ0n) is 16.0. The van der Waals surface area contributed by atoms with Gasteiger partial charge in [0.05, 0.1) is 23.4 Å². The van der Waals surface area contributed by atoms with Gasteiger partial charge < -0.3 is 19.9 Å². The number of piperazine rings is 1. The first-order valence-electron chi connectivity index (χ1n) is 9.44. The van der Waals surface area contributed by atoms with Gasteiger partial charge in [-0.1, -0.05) is 35.9 Å². The second-order valence-corrected chi connectivity index (χ2v) is 7.48. The first-order chi connectivity index (χ1) is 13.5. The number of benzene rings is 2. The number of esters is 1. The van der Waals surface area contributed by atoms with Gasteiger partial charge in [-0.15, -0.1) is 0 Å². The SMILES string of the molecule is COC(=O)c1cccc(C[NH+]2CC[NH+](CC(=O)Nc3ccccc3Cl)CC2)c1. The lowest BCUT2D eigenvalue weighted by molar-refractivity contribution is -1.02. The number of methoxy groups -OCH3 is 1. The lowest BCUT2D eigenvalue weighted by Gasteiger charge is -2.29. The number of nitrogens with one attached hydrogen (secondary N) is 3. The van der Waals surface area contributed by atoms with Crippen LogP contribution in [0.3, 0.4) is 0 Å². The van der Waals surface area contributed by atoms with Crippen LogP contribution in [0.4, 0.5) is 5.69 Å². The first-order valence-corrected chi connectivity index (χ1v) is 9.81. The minimum Gasteiger partial charge on any atom is -0.465 e. The highest BCUT2D eigenvalue weighted by Crippen LogP contribution is 2.19. The van der Waals surface area contributed by atoms with Gasteiger partial charge in [-0.25, -0.2) is 4.79 Å². The van der Waals surface area contributed by atoms with E-state index < -0.39 is 0 Å². The van der Waals surface area contributed by atoms with Crippen LogP contribution in [0.1, 0.15) is 15.9 Å². The quantitative estimate of drug-likeness (QED) is 0.597. The van der Waals surface area contributed by atoms with Crippen LogP contribution in [0.25, 0.3) is 0 Å². The van der Waals surface area contributed by atoms with Gasteiger partial charge in [0.2, 0.25) is 0 Å². The van der Waals surface area contributed by atoms with Crippen molar-refractivity contribution in [3.8, 4) is 0 Å². The van der Waals surface area contributed by atoms with E-state index in [4.69, 9.17) is 16.3 Å². The molecule has 6 nitrogen and oxygen atoms in total. The Morgan fingerprint density at radius 2 is 1.75 bits per heavy atom. The Kier molecular flexibility index (Phi) is 7.03. The molecule has 0 aromatic heterocycles. The van der Waals surface area contributed by atoms with Gasteiger partial charge in [0, 0.05) is 5.56 Å². The van der Waals surface area contributed by atoms with E-state index in [1.54, 1.807) is 18.2 Å². The van der Waals surface area contributed by atoms with Crippen LogP contribution in [-0.2, 0) is 16.1 Å². The zero-order chi connectivity index (χ0) is 19.9. The normalized spacial score (nSPS) is 19.1. The van der Waals surface area contributed by atoms with E-state index in [-0.39, 0.29) is 11.9 Å². The maximum atomic E-state index is 12.3. The van der Waals surface area contributed by atoms with Gasteiger partial charge in [-0.2, -0.15) is 0 Å². The summed E-state index contributed by atoms with van der Waals surface area (Å²) in [6.07, 6.45) is 0. The van der Waals surface area contributed by atoms with Crippen LogP contribution in [0.2, 0.25) is 5.02 Å². The summed E-state index contributed by atoms with van der Waals surface area (Å²) in [6, 6.07) is 14.9. The number of amides is 1. The van der Waals surface area contributed by atoms with Crippen molar-refractivity contribution in [1.82, 2.24) is 0 Å². The summed E-state index contributed by atoms with van der Waals surface area (Å²) in [5, 5.41) is 3.44. The zero-order valence-corrected chi connectivity index (χ0v) is 16.7. The summed E-state index contributed by atoms with van der Waals surface area (Å²) in [6.45, 7) is 5.14. The maximum Gasteiger partial charge on any atom is 0.337 e. The van der Waals surface area contributed by atoms with E-state index in [2.05, 4.69) is 5.32 Å². The highest BCUT2D eigenvalue weighted by Gasteiger charge is 2.25. The molecule has 0 saturated carbocycles. The summed E-state index contributed by atoms with van der Waals surface area (Å²) in [7, 11) is 1.39. The number of para-hydroxylation sites is 1. The topological polar surface area (TPSA) is 64.3 Å². The van der Waals surface area contributed by atoms with Gasteiger partial charge in [0.1, 0.15) is 32.7 Å². The van der Waals surface area contributed by atoms with E-state index in [0.29, 0.717) is 22.8 Å². The molecule has 1 fully saturated rings. The third kappa shape index (κ3) is 5.55. The highest BCUT2D eigenvalue weighted by atomic mass is 35.5. The fraction of sp³-hybridized carbons (Fsp3) is 0.333. The third-order valence-corrected chi connectivity index (χ3v) is 5.35. The molecule has 28 heavy (non-hydrogen) atoms. The van der Waals surface area contributed by atoms with Crippen LogP contribution in [0.5, 0.6) is 0 Å². The molecule has 0 atom stereocenters. The van der Waals surface area contributed by atoms with Crippen molar-refractivity contribution in [2.24, 2.45) is 0 Å². The number of ether oxygens (including phenoxy) is 1. The molecule has 2 aromatic carbocycles. The van der Waals surface area contributed by atoms with E-state index in [1.165, 1.54) is 16.9 Å². The number of hydrogen-bond acceptors (Lipinski definition) is 3. The monoisotopic (exact) mass is 403 g/mol. The van der Waals surface area contributed by atoms with Crippen LogP contribution in [0, 0.1) is 0 Å². The van der Waals surface area contributed by atoms with Gasteiger partial charge in [-0.3, -0.25) is 4.79 Å². The van der Waals surface area contributed by atoms with E-state index in [1.807, 2.05) is 30.3 Å². The molecule has 7 heteroatoms. The number of halogens is 1. The summed E-state index contributed by atoms with van der Waals surface area (Å²) >= 11 is 6.09. The average molecular weight is 404 g/mol. The van der Waals surface area contributed by atoms with Crippen molar-refractivity contribution in [3.63, 3.8) is 0 Å². The predicted molar refractivity (Wildman–Crippen MR) is 108 cm³/mol. The number of hydrogen-bond donors (Lipinski definition) is 3. The highest BCUT2D eigenvalue weighted by molar-refractivity contribution is 6.33. The molecule has 0 spiro atoms. The van der Waals surface area contributed by atoms with Crippen LogP contribution < -0.4 is 15.1 Å². The smallest absolute Gasteiger partial charge is 0.337 e. The molecule has 1 aliphatic heterocycles. The summed E-state index contributed by atoms with van der Waals surface area (Å²) < 4.78 is 4.79. The molecule has 0 aliphatic carbocycles. The third-order valence-electron chi connectivity index (χ3n) is 5.02. The number of carbonyl (C=O) groups is 2. The van der Waals surface area contributed by atoms with E-state index >= 15 is 0 Å². The van der Waals surface area contributed by atoms with Gasteiger partial charge in [0.25, 0.3) is 5.91 Å². The molecule has 148 valence electrons. The van der Waals surface area contributed by atoms with Gasteiger partial charge >= 0.3 is 5.97 Å². The minimum absolute atomic E-state index is 0.0164. The molecule has 0 radical (unpaired) electrons. The maximum absolute atomic E-state index is 12.3. The molecule has 0 unspecified atom stereocenters. The molecule has 1 aliphatic rings. The molecular weight excluding hydrogens is 378 g/mol. The molecule has 3 N–H and O–H groups in total. The Morgan fingerprint density at radius 3 is 2.46 bits per heavy atom. The summed E-state index contributed by atoms with van der Waals surface area (Å²) in [4.78, 5) is 26.7. The largest absolute Gasteiger partial charge is 0.465 e. The number of quaternary nitrogens is 2. The Balaban J connectivity index is 1.46. The number of rotatable bonds is 6. The van der Waals surface area contributed by atoms with Crippen molar-refractivity contribution in [1.29, 1.82) is 0 Å². The van der Waals surface area contributed by atoms with E-state index in [0.717, 1.165) is 38.3 Å². The van der Waals surface area contributed by atoms with E-state index in [9.17, 15) is 9.59 Å². The van der Waals surface area contributed by atoms with Gasteiger partial charge in [0.15, 0.2) is 6.54 Å². The Labute approximate surface area is 170 Å². The van der Waals surface area contributed by atoms with Crippen molar-refractivity contribution >= 4 is 29.2 Å². The standard InChI is InChI=1S/C21H24ClN3O3/c1-28-21(27)17-6-4-5-16(13-17)14-24-9-11-25(12-10-24)15-20(26)23-19-8-3-2-7-18(19)22/h2-8,13H,9-12,14-15H2,1H3,(H,23,26)/p+2. The molecule has 1 saturated heterocycles. The minimum atomic E-state index is -0.310. The molecule has 0 bridgehead atoms. The second kappa shape index (κ2) is 9.68. The first kappa shape index (κ1) is 20.3. The number of anilines is 1. The Bertz CT molecular complexity index is 835. The lowest BCUT2D eigenvalue weighted by Crippen LogP contribution is -3.28. The van der Waals surface area contributed by atoms with Gasteiger partial charge in [-0.05, 0) is 24.3 Å². The average Bonchev–Trinajstić information content (AvgIpc) is 2.71. The lowest BCUT2D eigenvalue weighted by atomic mass is 10.1. The second-order valence-electron chi connectivity index (χ2n) is 7.07. The fourth-order valence-electron chi connectivity index (χ4n) is 3.51.